The molecule has 0 saturated carbocycles. The summed E-state index contributed by atoms with van der Waals surface area (Å²) >= 11 is 0. The zero-order valence-corrected chi connectivity index (χ0v) is 65.1. The molecule has 4 aromatic rings. The fourth-order valence-corrected chi connectivity index (χ4v) is 32.8. The predicted octanol–water partition coefficient (Wildman–Crippen LogP) is 24.3. The van der Waals surface area contributed by atoms with Gasteiger partial charge in [0, 0.05) is 16.1 Å². The Labute approximate surface area is 523 Å². The Morgan fingerprint density at radius 3 is 0.688 bits per heavy atom. The Morgan fingerprint density at radius 2 is 0.537 bits per heavy atom. The molecule has 0 fully saturated rings. The SMILES string of the molecule is CC(C)c1cccc(C(C)C)c1[N-]/C(=N\[PH+](C(C)(C)C)C(C)(C)C)c1ccccc1.CC(C)c1cccc(C(C)C)c1[N-]/C(=N\[PH+](C(C)(C)C)C(C)(C)C)c1ccccc1.C[Si](C)(C)[N-][Si](C)(C)C.C[Si](C)(C)[N-][Si](C)(C)C.[Fe+2].[Fe+2]. The minimum atomic E-state index is -1.11. The van der Waals surface area contributed by atoms with Crippen molar-refractivity contribution in [2.45, 2.75) is 261 Å². The van der Waals surface area contributed by atoms with E-state index < -0.39 is 49.1 Å². The molecule has 14 heteroatoms. The van der Waals surface area contributed by atoms with Crippen molar-refractivity contribution < 1.29 is 34.1 Å². The van der Waals surface area contributed by atoms with Crippen LogP contribution in [0.4, 0.5) is 11.4 Å². The first kappa shape index (κ1) is 80.6. The summed E-state index contributed by atoms with van der Waals surface area (Å²) in [4.78, 5) is 0. The van der Waals surface area contributed by atoms with Crippen molar-refractivity contribution in [3.05, 3.63) is 150 Å². The van der Waals surface area contributed by atoms with Gasteiger partial charge in [-0.1, -0.05) is 264 Å². The van der Waals surface area contributed by atoms with E-state index in [-0.39, 0.29) is 54.8 Å². The summed E-state index contributed by atoms with van der Waals surface area (Å²) in [5.41, 5.74) is 9.59. The van der Waals surface area contributed by atoms with E-state index in [1.54, 1.807) is 0 Å². The summed E-state index contributed by atoms with van der Waals surface area (Å²) < 4.78 is 20.5. The molecule has 0 N–H and O–H groups in total. The van der Waals surface area contributed by atoms with Gasteiger partial charge >= 0.3 is 34.1 Å². The first-order valence-electron chi connectivity index (χ1n) is 29.3. The maximum absolute atomic E-state index is 5.44. The van der Waals surface area contributed by atoms with E-state index in [0.717, 1.165) is 34.2 Å². The first-order chi connectivity index (χ1) is 35.1. The fourth-order valence-electron chi connectivity index (χ4n) is 10.1. The largest absolute Gasteiger partial charge is 2.00 e. The minimum absolute atomic E-state index is 0. The van der Waals surface area contributed by atoms with Crippen LogP contribution in [0.25, 0.3) is 19.9 Å². The molecular formula is C66H118Fe2N6P2Si4+2. The topological polar surface area (TPSA) is 81.1 Å². The third-order valence-corrected chi connectivity index (χ3v) is 29.1. The summed E-state index contributed by atoms with van der Waals surface area (Å²) in [6.07, 6.45) is 0. The summed E-state index contributed by atoms with van der Waals surface area (Å²) in [6.45, 7) is 73.4. The van der Waals surface area contributed by atoms with Crippen molar-refractivity contribution in [2.24, 2.45) is 9.53 Å². The van der Waals surface area contributed by atoms with Crippen molar-refractivity contribution in [3.63, 3.8) is 0 Å². The minimum Gasteiger partial charge on any atom is -0.668 e. The second-order valence-electron chi connectivity index (χ2n) is 30.6. The molecule has 0 aliphatic rings. The van der Waals surface area contributed by atoms with E-state index in [9.17, 15) is 0 Å². The zero-order valence-electron chi connectivity index (χ0n) is 56.9. The second kappa shape index (κ2) is 33.4. The molecule has 4 aromatic carbocycles. The molecule has 0 aromatic heterocycles. The molecule has 6 nitrogen and oxygen atoms in total. The number of rotatable bonds is 14. The van der Waals surface area contributed by atoms with Gasteiger partial charge in [-0.3, -0.25) is 0 Å². The van der Waals surface area contributed by atoms with Gasteiger partial charge in [0.25, 0.3) is 0 Å². The summed E-state index contributed by atoms with van der Waals surface area (Å²) in [7, 11) is -6.65. The van der Waals surface area contributed by atoms with Gasteiger partial charge in [-0.2, -0.15) is 0 Å². The van der Waals surface area contributed by atoms with E-state index in [1.807, 2.05) is 0 Å². The Morgan fingerprint density at radius 1 is 0.338 bits per heavy atom. The molecule has 0 amide bonds. The number of nitrogens with zero attached hydrogens (tertiary/aromatic N) is 6. The van der Waals surface area contributed by atoms with Gasteiger partial charge in [-0.25, -0.2) is 0 Å². The van der Waals surface area contributed by atoms with Gasteiger partial charge in [0.05, 0.1) is 20.6 Å². The van der Waals surface area contributed by atoms with E-state index in [4.69, 9.17) is 29.5 Å². The van der Waals surface area contributed by atoms with Crippen molar-refractivity contribution >= 4 is 72.1 Å². The first-order valence-corrected chi connectivity index (χ1v) is 45.9. The Kier molecular flexibility index (Phi) is 33.7. The van der Waals surface area contributed by atoms with E-state index >= 15 is 0 Å². The maximum atomic E-state index is 5.44. The molecule has 0 bridgehead atoms. The van der Waals surface area contributed by atoms with Gasteiger partial charge < -0.3 is 29.5 Å². The van der Waals surface area contributed by atoms with Gasteiger partial charge in [0.1, 0.15) is 0 Å². The fraction of sp³-hybridized carbons (Fsp3) is 0.606. The number of benzene rings is 4. The van der Waals surface area contributed by atoms with Crippen molar-refractivity contribution in [1.29, 1.82) is 0 Å². The second-order valence-corrected chi connectivity index (χ2v) is 57.6. The molecule has 4 rings (SSSR count). The quantitative estimate of drug-likeness (QED) is 0.0522. The van der Waals surface area contributed by atoms with Crippen LogP contribution in [-0.4, -0.2) is 65.2 Å². The molecule has 452 valence electrons. The van der Waals surface area contributed by atoms with Crippen LogP contribution in [0, 0.1) is 0 Å². The van der Waals surface area contributed by atoms with Crippen LogP contribution in [-0.2, 0) is 34.1 Å². The normalized spacial score (nSPS) is 13.2. The van der Waals surface area contributed by atoms with Gasteiger partial charge in [0.15, 0.2) is 0 Å². The van der Waals surface area contributed by atoms with E-state index in [2.05, 4.69) is 314 Å². The van der Waals surface area contributed by atoms with E-state index in [0.29, 0.717) is 23.7 Å². The molecule has 0 unspecified atom stereocenters. The van der Waals surface area contributed by atoms with Crippen LogP contribution in [0.5, 0.6) is 0 Å². The monoisotopic (exact) mass is 1280 g/mol. The van der Waals surface area contributed by atoms with Crippen molar-refractivity contribution in [2.75, 3.05) is 0 Å². The van der Waals surface area contributed by atoms with Crippen LogP contribution >= 0.6 is 16.1 Å². The number of amidine groups is 2. The van der Waals surface area contributed by atoms with Crippen molar-refractivity contribution in [1.82, 2.24) is 0 Å². The predicted molar refractivity (Wildman–Crippen MR) is 377 cm³/mol. The Hall–Kier alpha value is -1.49. The molecule has 0 atom stereocenters. The molecule has 80 heavy (non-hydrogen) atoms. The van der Waals surface area contributed by atoms with Crippen LogP contribution in [0.3, 0.4) is 0 Å². The van der Waals surface area contributed by atoms with Crippen molar-refractivity contribution in [3.8, 4) is 0 Å². The standard InChI is InChI=1S/2C27H40N2P.2C6H18NSi2.2Fe/c2*1-19(2)22-17-14-18-23(20(3)4)24(22)28-25(21-15-12-11-13-16-21)29-30(26(5,6)7)27(8,9)10;2*1-8(2,3)7-9(4,5)6;;/h2*11-20H,1-10H3;2*1-6H3;;/q4*-1;2*+2/p+2. The van der Waals surface area contributed by atoms with Crippen LogP contribution in [0.2, 0.25) is 78.6 Å². The van der Waals surface area contributed by atoms with Gasteiger partial charge in [0.2, 0.25) is 0 Å². The third-order valence-electron chi connectivity index (χ3n) is 11.8. The van der Waals surface area contributed by atoms with Gasteiger partial charge in [-0.15, -0.1) is 0 Å². The van der Waals surface area contributed by atoms with Crippen LogP contribution in [0.1, 0.15) is 196 Å². The molecule has 0 radical (unpaired) electrons. The molecule has 0 saturated heterocycles. The average molecular weight is 1280 g/mol. The molecule has 0 spiro atoms. The number of para-hydroxylation sites is 2. The number of hydrogen-bond donors (Lipinski definition) is 0. The molecule has 0 aliphatic carbocycles. The summed E-state index contributed by atoms with van der Waals surface area (Å²) in [5, 5.41) is 11.2. The Bertz CT molecular complexity index is 2190. The maximum Gasteiger partial charge on any atom is 2.00 e. The summed E-state index contributed by atoms with van der Waals surface area (Å²) in [6, 6.07) is 34.2. The van der Waals surface area contributed by atoms with E-state index in [1.165, 1.54) is 22.3 Å². The van der Waals surface area contributed by atoms with Crippen LogP contribution in [0.15, 0.2) is 107 Å². The third kappa shape index (κ3) is 31.1. The van der Waals surface area contributed by atoms with Gasteiger partial charge in [-0.05, 0) is 163 Å². The smallest absolute Gasteiger partial charge is 0.668 e. The zero-order chi connectivity index (χ0) is 60.8. The van der Waals surface area contributed by atoms with Crippen LogP contribution < -0.4 is 0 Å². The molecule has 0 heterocycles. The average Bonchev–Trinajstić information content (AvgIpc) is 3.23. The Balaban J connectivity index is 0. The number of hydrogen-bond acceptors (Lipinski definition) is 2. The summed E-state index contributed by atoms with van der Waals surface area (Å²) in [5.74, 6) is 3.40. The molecular weight excluding hydrogens is 1160 g/mol. The molecule has 0 aliphatic heterocycles.